The van der Waals surface area contributed by atoms with Gasteiger partial charge in [0, 0.05) is 12.3 Å². The highest BCUT2D eigenvalue weighted by molar-refractivity contribution is 5.95. The maximum atomic E-state index is 12.6. The second-order valence-electron chi connectivity index (χ2n) is 6.08. The Kier molecular flexibility index (Phi) is 5.23. The SMILES string of the molecule is COc1ccc([C@@H]2NC(=O)NC(C)=C2C(=O)OC[C@H]2CCCO2)cc1. The number of ether oxygens (including phenoxy) is 3. The van der Waals surface area contributed by atoms with Crippen LogP contribution in [0.3, 0.4) is 0 Å². The monoisotopic (exact) mass is 346 g/mol. The molecule has 2 amide bonds. The fourth-order valence-electron chi connectivity index (χ4n) is 3.03. The summed E-state index contributed by atoms with van der Waals surface area (Å²) in [4.78, 5) is 24.5. The Morgan fingerprint density at radius 2 is 2.08 bits per heavy atom. The molecule has 2 N–H and O–H groups in total. The number of benzene rings is 1. The van der Waals surface area contributed by atoms with Gasteiger partial charge in [-0.2, -0.15) is 0 Å². The molecule has 0 radical (unpaired) electrons. The highest BCUT2D eigenvalue weighted by Gasteiger charge is 2.32. The van der Waals surface area contributed by atoms with E-state index in [0.29, 0.717) is 23.6 Å². The molecule has 0 unspecified atom stereocenters. The lowest BCUT2D eigenvalue weighted by atomic mass is 9.95. The van der Waals surface area contributed by atoms with Crippen molar-refractivity contribution in [1.82, 2.24) is 10.6 Å². The molecule has 0 aliphatic carbocycles. The van der Waals surface area contributed by atoms with Crippen molar-refractivity contribution in [2.45, 2.75) is 31.9 Å². The number of carbonyl (C=O) groups excluding carboxylic acids is 2. The van der Waals surface area contributed by atoms with E-state index in [1.807, 2.05) is 12.1 Å². The quantitative estimate of drug-likeness (QED) is 0.797. The number of carbonyl (C=O) groups is 2. The number of urea groups is 1. The molecule has 0 spiro atoms. The van der Waals surface area contributed by atoms with Crippen molar-refractivity contribution in [1.29, 1.82) is 0 Å². The second-order valence-corrected chi connectivity index (χ2v) is 6.08. The molecule has 0 bridgehead atoms. The maximum absolute atomic E-state index is 12.6. The van der Waals surface area contributed by atoms with Crippen LogP contribution in [-0.2, 0) is 14.3 Å². The number of hydrogen-bond donors (Lipinski definition) is 2. The molecule has 2 aliphatic rings. The molecule has 2 heterocycles. The molecular weight excluding hydrogens is 324 g/mol. The molecule has 2 aliphatic heterocycles. The Morgan fingerprint density at radius 3 is 2.72 bits per heavy atom. The van der Waals surface area contributed by atoms with E-state index in [4.69, 9.17) is 14.2 Å². The van der Waals surface area contributed by atoms with E-state index in [-0.39, 0.29) is 18.7 Å². The first-order valence-corrected chi connectivity index (χ1v) is 8.29. The summed E-state index contributed by atoms with van der Waals surface area (Å²) in [6, 6.07) is 6.28. The minimum atomic E-state index is -0.573. The Labute approximate surface area is 146 Å². The van der Waals surface area contributed by atoms with Crippen LogP contribution < -0.4 is 15.4 Å². The van der Waals surface area contributed by atoms with Gasteiger partial charge in [0.15, 0.2) is 0 Å². The maximum Gasteiger partial charge on any atom is 0.338 e. The van der Waals surface area contributed by atoms with E-state index in [1.165, 1.54) is 0 Å². The molecule has 134 valence electrons. The first-order chi connectivity index (χ1) is 12.1. The Hall–Kier alpha value is -2.54. The smallest absolute Gasteiger partial charge is 0.338 e. The topological polar surface area (TPSA) is 85.9 Å². The minimum absolute atomic E-state index is 0.0459. The molecule has 1 saturated heterocycles. The lowest BCUT2D eigenvalue weighted by Crippen LogP contribution is -2.45. The largest absolute Gasteiger partial charge is 0.497 e. The zero-order valence-corrected chi connectivity index (χ0v) is 14.3. The summed E-state index contributed by atoms with van der Waals surface area (Å²) < 4.78 is 16.1. The van der Waals surface area contributed by atoms with Crippen LogP contribution in [0, 0.1) is 0 Å². The van der Waals surface area contributed by atoms with Gasteiger partial charge >= 0.3 is 12.0 Å². The van der Waals surface area contributed by atoms with Crippen LogP contribution >= 0.6 is 0 Å². The zero-order chi connectivity index (χ0) is 17.8. The standard InChI is InChI=1S/C18H22N2O5/c1-11-15(17(21)25-10-14-4-3-9-24-14)16(20-18(22)19-11)12-5-7-13(23-2)8-6-12/h5-8,14,16H,3-4,9-10H2,1-2H3,(H2,19,20,22)/t14-,16+/m1/s1. The molecule has 0 aromatic heterocycles. The van der Waals surface area contributed by atoms with E-state index in [0.717, 1.165) is 18.4 Å². The number of methoxy groups -OCH3 is 1. The first kappa shape index (κ1) is 17.3. The fraction of sp³-hybridized carbons (Fsp3) is 0.444. The van der Waals surface area contributed by atoms with Gasteiger partial charge in [-0.05, 0) is 37.5 Å². The summed E-state index contributed by atoms with van der Waals surface area (Å²) >= 11 is 0. The van der Waals surface area contributed by atoms with Crippen LogP contribution in [0.15, 0.2) is 35.5 Å². The number of esters is 1. The number of nitrogens with one attached hydrogen (secondary N) is 2. The normalized spacial score (nSPS) is 23.0. The summed E-state index contributed by atoms with van der Waals surface area (Å²) in [5.74, 6) is 0.244. The Balaban J connectivity index is 1.79. The lowest BCUT2D eigenvalue weighted by molar-refractivity contribution is -0.142. The van der Waals surface area contributed by atoms with Crippen molar-refractivity contribution in [3.63, 3.8) is 0 Å². The third-order valence-corrected chi connectivity index (χ3v) is 4.36. The number of hydrogen-bond acceptors (Lipinski definition) is 5. The molecule has 25 heavy (non-hydrogen) atoms. The van der Waals surface area contributed by atoms with Gasteiger partial charge in [-0.25, -0.2) is 9.59 Å². The molecule has 7 heteroatoms. The Morgan fingerprint density at radius 1 is 1.32 bits per heavy atom. The van der Waals surface area contributed by atoms with Crippen LogP contribution in [0.2, 0.25) is 0 Å². The van der Waals surface area contributed by atoms with Crippen LogP contribution in [0.4, 0.5) is 4.79 Å². The molecule has 3 rings (SSSR count). The molecule has 1 fully saturated rings. The number of amides is 2. The van der Waals surface area contributed by atoms with E-state index in [2.05, 4.69) is 10.6 Å². The Bertz CT molecular complexity index is 677. The van der Waals surface area contributed by atoms with Crippen molar-refractivity contribution >= 4 is 12.0 Å². The zero-order valence-electron chi connectivity index (χ0n) is 14.3. The van der Waals surface area contributed by atoms with Gasteiger partial charge < -0.3 is 24.8 Å². The predicted octanol–water partition coefficient (Wildman–Crippen LogP) is 2.05. The van der Waals surface area contributed by atoms with Gasteiger partial charge in [-0.1, -0.05) is 12.1 Å². The van der Waals surface area contributed by atoms with Crippen molar-refractivity contribution < 1.29 is 23.8 Å². The van der Waals surface area contributed by atoms with Gasteiger partial charge in [-0.15, -0.1) is 0 Å². The van der Waals surface area contributed by atoms with Crippen LogP contribution in [0.5, 0.6) is 5.75 Å². The third kappa shape index (κ3) is 3.93. The van der Waals surface area contributed by atoms with Gasteiger partial charge in [0.2, 0.25) is 0 Å². The highest BCUT2D eigenvalue weighted by atomic mass is 16.6. The second kappa shape index (κ2) is 7.57. The molecule has 1 aromatic rings. The summed E-state index contributed by atoms with van der Waals surface area (Å²) in [5, 5.41) is 5.41. The van der Waals surface area contributed by atoms with Gasteiger partial charge in [0.25, 0.3) is 0 Å². The van der Waals surface area contributed by atoms with Crippen LogP contribution in [0.25, 0.3) is 0 Å². The minimum Gasteiger partial charge on any atom is -0.497 e. The molecule has 7 nitrogen and oxygen atoms in total. The van der Waals surface area contributed by atoms with Crippen molar-refractivity contribution in [2.24, 2.45) is 0 Å². The van der Waals surface area contributed by atoms with Crippen LogP contribution in [0.1, 0.15) is 31.4 Å². The number of allylic oxidation sites excluding steroid dienone is 1. The molecular formula is C18H22N2O5. The molecule has 0 saturated carbocycles. The van der Waals surface area contributed by atoms with E-state index in [1.54, 1.807) is 26.2 Å². The first-order valence-electron chi connectivity index (χ1n) is 8.29. The predicted molar refractivity (Wildman–Crippen MR) is 90.0 cm³/mol. The third-order valence-electron chi connectivity index (χ3n) is 4.36. The summed E-state index contributed by atoms with van der Waals surface area (Å²) in [6.45, 7) is 2.62. The summed E-state index contributed by atoms with van der Waals surface area (Å²) in [7, 11) is 1.58. The lowest BCUT2D eigenvalue weighted by Gasteiger charge is -2.28. The van der Waals surface area contributed by atoms with Crippen molar-refractivity contribution in [2.75, 3.05) is 20.3 Å². The summed E-state index contributed by atoms with van der Waals surface area (Å²) in [6.07, 6.45) is 1.83. The van der Waals surface area contributed by atoms with Gasteiger partial charge in [0.05, 0.1) is 24.8 Å². The van der Waals surface area contributed by atoms with Crippen LogP contribution in [-0.4, -0.2) is 38.4 Å². The van der Waals surface area contributed by atoms with E-state index in [9.17, 15) is 9.59 Å². The van der Waals surface area contributed by atoms with E-state index < -0.39 is 12.0 Å². The van der Waals surface area contributed by atoms with Crippen molar-refractivity contribution in [3.05, 3.63) is 41.1 Å². The van der Waals surface area contributed by atoms with Gasteiger partial charge in [-0.3, -0.25) is 0 Å². The van der Waals surface area contributed by atoms with E-state index >= 15 is 0 Å². The van der Waals surface area contributed by atoms with Crippen molar-refractivity contribution in [3.8, 4) is 5.75 Å². The average molecular weight is 346 g/mol. The molecule has 2 atom stereocenters. The molecule has 1 aromatic carbocycles. The van der Waals surface area contributed by atoms with Gasteiger partial charge in [0.1, 0.15) is 12.4 Å². The highest BCUT2D eigenvalue weighted by Crippen LogP contribution is 2.29. The number of rotatable bonds is 5. The average Bonchev–Trinajstić information content (AvgIpc) is 3.12. The fourth-order valence-corrected chi connectivity index (χ4v) is 3.03. The summed E-state index contributed by atoms with van der Waals surface area (Å²) in [5.41, 5.74) is 1.66.